The number of benzene rings is 1. The molecule has 0 spiro atoms. The van der Waals surface area contributed by atoms with Crippen molar-refractivity contribution in [3.63, 3.8) is 0 Å². The SMILES string of the molecule is CCOC(=O)c1c(NC(=O)CN(C)CC(=O)NCCCOC)sc(Cl)c1-c1ccccc1. The number of thiophene rings is 1. The van der Waals surface area contributed by atoms with Crippen LogP contribution in [0, 0.1) is 0 Å². The van der Waals surface area contributed by atoms with Gasteiger partial charge in [-0.15, -0.1) is 11.3 Å². The molecule has 0 saturated carbocycles. The van der Waals surface area contributed by atoms with Crippen LogP contribution in [-0.4, -0.2) is 69.7 Å². The fourth-order valence-electron chi connectivity index (χ4n) is 2.96. The van der Waals surface area contributed by atoms with E-state index in [2.05, 4.69) is 10.6 Å². The smallest absolute Gasteiger partial charge is 0.341 e. The van der Waals surface area contributed by atoms with Gasteiger partial charge in [-0.2, -0.15) is 0 Å². The van der Waals surface area contributed by atoms with Crippen LogP contribution in [0.2, 0.25) is 4.34 Å². The van der Waals surface area contributed by atoms with Crippen LogP contribution in [0.3, 0.4) is 0 Å². The van der Waals surface area contributed by atoms with Crippen molar-refractivity contribution in [3.8, 4) is 11.1 Å². The van der Waals surface area contributed by atoms with E-state index in [1.54, 1.807) is 26.0 Å². The molecule has 0 fully saturated rings. The second-order valence-electron chi connectivity index (χ2n) is 6.96. The predicted molar refractivity (Wildman–Crippen MR) is 126 cm³/mol. The molecule has 0 aliphatic heterocycles. The normalized spacial score (nSPS) is 10.8. The summed E-state index contributed by atoms with van der Waals surface area (Å²) in [7, 11) is 3.27. The fraction of sp³-hybridized carbons (Fsp3) is 0.409. The van der Waals surface area contributed by atoms with E-state index in [9.17, 15) is 14.4 Å². The highest BCUT2D eigenvalue weighted by molar-refractivity contribution is 7.21. The van der Waals surface area contributed by atoms with Crippen LogP contribution >= 0.6 is 22.9 Å². The van der Waals surface area contributed by atoms with Gasteiger partial charge in [0.25, 0.3) is 0 Å². The summed E-state index contributed by atoms with van der Waals surface area (Å²) in [4.78, 5) is 38.8. The van der Waals surface area contributed by atoms with Gasteiger partial charge in [0.1, 0.15) is 14.9 Å². The van der Waals surface area contributed by atoms with E-state index in [1.807, 2.05) is 30.3 Å². The Kier molecular flexibility index (Phi) is 10.6. The van der Waals surface area contributed by atoms with Crippen molar-refractivity contribution < 1.29 is 23.9 Å². The highest BCUT2D eigenvalue weighted by Gasteiger charge is 2.26. The minimum absolute atomic E-state index is 0.0378. The van der Waals surface area contributed by atoms with E-state index in [-0.39, 0.29) is 37.1 Å². The second kappa shape index (κ2) is 13.2. The van der Waals surface area contributed by atoms with Crippen LogP contribution < -0.4 is 10.6 Å². The Morgan fingerprint density at radius 2 is 1.81 bits per heavy atom. The lowest BCUT2D eigenvalue weighted by atomic mass is 10.0. The first kappa shape index (κ1) is 25.8. The number of hydrogen-bond donors (Lipinski definition) is 2. The van der Waals surface area contributed by atoms with Crippen molar-refractivity contribution in [1.29, 1.82) is 0 Å². The van der Waals surface area contributed by atoms with Gasteiger partial charge in [0.2, 0.25) is 11.8 Å². The number of hydrogen-bond acceptors (Lipinski definition) is 7. The van der Waals surface area contributed by atoms with Gasteiger partial charge in [-0.05, 0) is 26.0 Å². The van der Waals surface area contributed by atoms with Crippen molar-refractivity contribution in [3.05, 3.63) is 40.2 Å². The lowest BCUT2D eigenvalue weighted by molar-refractivity contribution is -0.123. The summed E-state index contributed by atoms with van der Waals surface area (Å²) in [6, 6.07) is 9.21. The molecule has 2 rings (SSSR count). The first-order chi connectivity index (χ1) is 15.4. The maximum absolute atomic E-state index is 12.7. The zero-order chi connectivity index (χ0) is 23.5. The molecule has 2 amide bonds. The van der Waals surface area contributed by atoms with Crippen LogP contribution in [0.25, 0.3) is 11.1 Å². The molecule has 0 aliphatic rings. The molecule has 0 radical (unpaired) electrons. The van der Waals surface area contributed by atoms with Crippen LogP contribution in [-0.2, 0) is 19.1 Å². The van der Waals surface area contributed by atoms with E-state index in [0.717, 1.165) is 16.9 Å². The first-order valence-electron chi connectivity index (χ1n) is 10.2. The standard InChI is InChI=1S/C22H28ClN3O5S/c1-4-31-22(29)19-18(15-9-6-5-7-10-15)20(23)32-21(19)25-17(28)14-26(2)13-16(27)24-11-8-12-30-3/h5-7,9-10H,4,8,11-14H2,1-3H3,(H,24,27)(H,25,28). The minimum atomic E-state index is -0.561. The molecule has 1 aromatic carbocycles. The van der Waals surface area contributed by atoms with Gasteiger partial charge in [0.15, 0.2) is 0 Å². The molecule has 0 aliphatic carbocycles. The summed E-state index contributed by atoms with van der Waals surface area (Å²) in [5.74, 6) is -1.12. The van der Waals surface area contributed by atoms with E-state index < -0.39 is 5.97 Å². The van der Waals surface area contributed by atoms with Crippen molar-refractivity contribution in [2.45, 2.75) is 13.3 Å². The zero-order valence-corrected chi connectivity index (χ0v) is 20.0. The zero-order valence-electron chi connectivity index (χ0n) is 18.4. The van der Waals surface area contributed by atoms with Crippen LogP contribution in [0.4, 0.5) is 5.00 Å². The van der Waals surface area contributed by atoms with Gasteiger partial charge in [-0.3, -0.25) is 14.5 Å². The fourth-order valence-corrected chi connectivity index (χ4v) is 4.35. The quantitative estimate of drug-likeness (QED) is 0.357. The average molecular weight is 482 g/mol. The van der Waals surface area contributed by atoms with Crippen LogP contribution in [0.5, 0.6) is 0 Å². The molecule has 8 nitrogen and oxygen atoms in total. The third-order valence-electron chi connectivity index (χ3n) is 4.33. The molecule has 32 heavy (non-hydrogen) atoms. The Hall–Kier alpha value is -2.46. The molecular weight excluding hydrogens is 454 g/mol. The number of nitrogens with zero attached hydrogens (tertiary/aromatic N) is 1. The summed E-state index contributed by atoms with van der Waals surface area (Å²) in [6.45, 7) is 2.99. The first-order valence-corrected chi connectivity index (χ1v) is 11.4. The Morgan fingerprint density at radius 1 is 1.12 bits per heavy atom. The summed E-state index contributed by atoms with van der Waals surface area (Å²) < 4.78 is 10.5. The van der Waals surface area contributed by atoms with Crippen LogP contribution in [0.15, 0.2) is 30.3 Å². The topological polar surface area (TPSA) is 97.0 Å². The van der Waals surface area contributed by atoms with E-state index in [1.165, 1.54) is 0 Å². The summed E-state index contributed by atoms with van der Waals surface area (Å²) in [6.07, 6.45) is 0.714. The van der Waals surface area contributed by atoms with Gasteiger partial charge in [0, 0.05) is 25.8 Å². The monoisotopic (exact) mass is 481 g/mol. The van der Waals surface area contributed by atoms with Crippen molar-refractivity contribution in [1.82, 2.24) is 10.2 Å². The largest absolute Gasteiger partial charge is 0.462 e. The number of halogens is 1. The molecule has 174 valence electrons. The van der Waals surface area contributed by atoms with E-state index in [0.29, 0.717) is 34.5 Å². The third kappa shape index (κ3) is 7.59. The number of methoxy groups -OCH3 is 1. The van der Waals surface area contributed by atoms with Crippen molar-refractivity contribution in [2.24, 2.45) is 0 Å². The average Bonchev–Trinajstić information content (AvgIpc) is 3.07. The molecule has 1 aromatic heterocycles. The highest BCUT2D eigenvalue weighted by atomic mass is 35.5. The van der Waals surface area contributed by atoms with Gasteiger partial charge in [0.05, 0.1) is 19.7 Å². The van der Waals surface area contributed by atoms with Gasteiger partial charge in [-0.1, -0.05) is 41.9 Å². The molecule has 0 unspecified atom stereocenters. The highest BCUT2D eigenvalue weighted by Crippen LogP contribution is 2.43. The maximum atomic E-state index is 12.7. The lowest BCUT2D eigenvalue weighted by Gasteiger charge is -2.16. The van der Waals surface area contributed by atoms with E-state index >= 15 is 0 Å². The van der Waals surface area contributed by atoms with Crippen LogP contribution in [0.1, 0.15) is 23.7 Å². The molecule has 2 aromatic rings. The van der Waals surface area contributed by atoms with E-state index in [4.69, 9.17) is 21.1 Å². The lowest BCUT2D eigenvalue weighted by Crippen LogP contribution is -2.39. The molecule has 0 saturated heterocycles. The number of rotatable bonds is 12. The Morgan fingerprint density at radius 3 is 2.47 bits per heavy atom. The second-order valence-corrected chi connectivity index (χ2v) is 8.58. The number of ether oxygens (including phenoxy) is 2. The molecule has 0 atom stereocenters. The summed E-state index contributed by atoms with van der Waals surface area (Å²) in [5.41, 5.74) is 1.49. The van der Waals surface area contributed by atoms with Crippen molar-refractivity contribution >= 4 is 45.7 Å². The van der Waals surface area contributed by atoms with Gasteiger partial charge >= 0.3 is 5.97 Å². The summed E-state index contributed by atoms with van der Waals surface area (Å²) >= 11 is 7.54. The molecule has 0 bridgehead atoms. The number of esters is 1. The number of likely N-dealkylation sites (N-methyl/N-ethyl adjacent to an activating group) is 1. The number of carbonyl (C=O) groups is 3. The van der Waals surface area contributed by atoms with Gasteiger partial charge in [-0.25, -0.2) is 4.79 Å². The van der Waals surface area contributed by atoms with Crippen molar-refractivity contribution in [2.75, 3.05) is 52.3 Å². The molecule has 2 N–H and O–H groups in total. The Balaban J connectivity index is 2.09. The summed E-state index contributed by atoms with van der Waals surface area (Å²) in [5, 5.41) is 5.83. The third-order valence-corrected chi connectivity index (χ3v) is 5.65. The minimum Gasteiger partial charge on any atom is -0.462 e. The predicted octanol–water partition coefficient (Wildman–Crippen LogP) is 3.27. The Labute approximate surface area is 196 Å². The van der Waals surface area contributed by atoms with Gasteiger partial charge < -0.3 is 20.1 Å². The Bertz CT molecular complexity index is 920. The number of nitrogens with one attached hydrogen (secondary N) is 2. The number of carbonyl (C=O) groups excluding carboxylic acids is 3. The molecule has 1 heterocycles. The number of amides is 2. The number of anilines is 1. The maximum Gasteiger partial charge on any atom is 0.341 e. The molecular formula is C22H28ClN3O5S. The molecule has 10 heteroatoms.